The van der Waals surface area contributed by atoms with E-state index in [-0.39, 0.29) is 33.7 Å². The number of aromatic amines is 1. The van der Waals surface area contributed by atoms with Crippen molar-refractivity contribution in [2.45, 2.75) is 13.5 Å². The lowest BCUT2D eigenvalue weighted by molar-refractivity contribution is 0.0952. The first-order valence-electron chi connectivity index (χ1n) is 8.29. The second-order valence-corrected chi connectivity index (χ2v) is 6.60. The fourth-order valence-corrected chi connectivity index (χ4v) is 2.85. The number of anilines is 1. The molecule has 0 radical (unpaired) electrons. The minimum absolute atomic E-state index is 0.0194. The summed E-state index contributed by atoms with van der Waals surface area (Å²) in [7, 11) is 0. The van der Waals surface area contributed by atoms with Crippen LogP contribution in [0.15, 0.2) is 36.7 Å². The van der Waals surface area contributed by atoms with Crippen LogP contribution in [0.2, 0.25) is 10.0 Å². The topological polar surface area (TPSA) is 135 Å². The standard InChI is InChI=1S/C18H16Cl2N6O3/c1-9-14(19)15(20)16(24-9)18(28)25-11-4-3-10(17(27)26-21)7-12(11)29-8-13-22-5-2-6-23-13/h2-7,24H,8,21H2,1H3,(H,25,28)(H,26,27). The van der Waals surface area contributed by atoms with Crippen LogP contribution in [0.5, 0.6) is 5.75 Å². The first-order valence-corrected chi connectivity index (χ1v) is 9.05. The molecule has 0 spiro atoms. The van der Waals surface area contributed by atoms with Crippen molar-refractivity contribution in [3.8, 4) is 5.75 Å². The van der Waals surface area contributed by atoms with Crippen LogP contribution < -0.4 is 21.3 Å². The molecule has 0 aliphatic rings. The third-order valence-electron chi connectivity index (χ3n) is 3.88. The summed E-state index contributed by atoms with van der Waals surface area (Å²) in [5.41, 5.74) is 3.26. The Hall–Kier alpha value is -3.14. The molecule has 9 nitrogen and oxygen atoms in total. The average Bonchev–Trinajstić information content (AvgIpc) is 3.00. The van der Waals surface area contributed by atoms with Crippen molar-refractivity contribution < 1.29 is 14.3 Å². The van der Waals surface area contributed by atoms with Crippen molar-refractivity contribution in [2.24, 2.45) is 5.84 Å². The van der Waals surface area contributed by atoms with Crippen molar-refractivity contribution in [3.05, 3.63) is 69.5 Å². The zero-order chi connectivity index (χ0) is 21.0. The lowest BCUT2D eigenvalue weighted by atomic mass is 10.1. The number of carbonyl (C=O) groups is 2. The molecule has 2 amide bonds. The molecule has 2 heterocycles. The van der Waals surface area contributed by atoms with Gasteiger partial charge >= 0.3 is 0 Å². The molecule has 2 aromatic heterocycles. The molecule has 0 saturated heterocycles. The van der Waals surface area contributed by atoms with Crippen molar-refractivity contribution in [1.82, 2.24) is 20.4 Å². The maximum absolute atomic E-state index is 12.6. The van der Waals surface area contributed by atoms with Gasteiger partial charge in [-0.25, -0.2) is 15.8 Å². The molecule has 5 N–H and O–H groups in total. The van der Waals surface area contributed by atoms with Crippen molar-refractivity contribution in [2.75, 3.05) is 5.32 Å². The second kappa shape index (κ2) is 8.91. The number of amides is 2. The van der Waals surface area contributed by atoms with Crippen molar-refractivity contribution >= 4 is 40.7 Å². The number of benzene rings is 1. The van der Waals surface area contributed by atoms with Crippen LogP contribution in [0.25, 0.3) is 0 Å². The number of nitrogens with two attached hydrogens (primary N) is 1. The van der Waals surface area contributed by atoms with E-state index in [2.05, 4.69) is 20.3 Å². The van der Waals surface area contributed by atoms with Gasteiger partial charge < -0.3 is 15.0 Å². The number of rotatable bonds is 6. The number of nitrogens with zero attached hydrogens (tertiary/aromatic N) is 2. The Morgan fingerprint density at radius 1 is 1.17 bits per heavy atom. The number of hydrogen-bond acceptors (Lipinski definition) is 6. The number of nitrogens with one attached hydrogen (secondary N) is 3. The number of aromatic nitrogens is 3. The summed E-state index contributed by atoms with van der Waals surface area (Å²) < 4.78 is 5.72. The van der Waals surface area contributed by atoms with E-state index in [4.69, 9.17) is 33.8 Å². The van der Waals surface area contributed by atoms with Gasteiger partial charge in [-0.3, -0.25) is 15.0 Å². The van der Waals surface area contributed by atoms with Crippen LogP contribution in [-0.2, 0) is 6.61 Å². The lowest BCUT2D eigenvalue weighted by Crippen LogP contribution is -2.30. The number of H-pyrrole nitrogens is 1. The van der Waals surface area contributed by atoms with Crippen LogP contribution in [-0.4, -0.2) is 26.8 Å². The molecular weight excluding hydrogens is 419 g/mol. The van der Waals surface area contributed by atoms with E-state index in [1.165, 1.54) is 18.2 Å². The van der Waals surface area contributed by atoms with E-state index >= 15 is 0 Å². The largest absolute Gasteiger partial charge is 0.483 e. The maximum Gasteiger partial charge on any atom is 0.273 e. The SMILES string of the molecule is Cc1[nH]c(C(=O)Nc2ccc(C(=O)NN)cc2OCc2ncccn2)c(Cl)c1Cl. The van der Waals surface area contributed by atoms with Crippen LogP contribution in [0.1, 0.15) is 32.4 Å². The summed E-state index contributed by atoms with van der Waals surface area (Å²) in [6, 6.07) is 6.11. The molecule has 0 bridgehead atoms. The third-order valence-corrected chi connectivity index (χ3v) is 4.83. The smallest absolute Gasteiger partial charge is 0.273 e. The molecule has 3 rings (SSSR count). The van der Waals surface area contributed by atoms with Gasteiger partial charge in [-0.05, 0) is 31.2 Å². The molecule has 0 unspecified atom stereocenters. The van der Waals surface area contributed by atoms with Gasteiger partial charge in [0.1, 0.15) is 18.1 Å². The second-order valence-electron chi connectivity index (χ2n) is 5.85. The quantitative estimate of drug-likeness (QED) is 0.267. The van der Waals surface area contributed by atoms with Gasteiger partial charge in [0.05, 0.1) is 15.7 Å². The Labute approximate surface area is 175 Å². The minimum Gasteiger partial charge on any atom is -0.483 e. The Morgan fingerprint density at radius 3 is 2.52 bits per heavy atom. The van der Waals surface area contributed by atoms with E-state index in [9.17, 15) is 9.59 Å². The molecule has 11 heteroatoms. The maximum atomic E-state index is 12.6. The molecule has 0 saturated carbocycles. The van der Waals surface area contributed by atoms with E-state index < -0.39 is 11.8 Å². The fourth-order valence-electron chi connectivity index (χ4n) is 2.43. The van der Waals surface area contributed by atoms with E-state index in [1.54, 1.807) is 25.4 Å². The van der Waals surface area contributed by atoms with Crippen LogP contribution in [0, 0.1) is 6.92 Å². The lowest BCUT2D eigenvalue weighted by Gasteiger charge is -2.13. The normalized spacial score (nSPS) is 10.5. The Balaban J connectivity index is 1.88. The first-order chi connectivity index (χ1) is 13.9. The molecular formula is C18H16Cl2N6O3. The van der Waals surface area contributed by atoms with E-state index in [1.807, 2.05) is 5.43 Å². The number of aryl methyl sites for hydroxylation is 1. The van der Waals surface area contributed by atoms with Crippen LogP contribution in [0.4, 0.5) is 5.69 Å². The Bertz CT molecular complexity index is 1060. The molecule has 0 fully saturated rings. The van der Waals surface area contributed by atoms with Gasteiger partial charge in [-0.15, -0.1) is 0 Å². The highest BCUT2D eigenvalue weighted by Crippen LogP contribution is 2.31. The molecule has 0 aliphatic heterocycles. The monoisotopic (exact) mass is 434 g/mol. The van der Waals surface area contributed by atoms with Gasteiger partial charge in [0.2, 0.25) is 0 Å². The van der Waals surface area contributed by atoms with Crippen molar-refractivity contribution in [3.63, 3.8) is 0 Å². The predicted octanol–water partition coefficient (Wildman–Crippen LogP) is 2.85. The van der Waals surface area contributed by atoms with E-state index in [0.29, 0.717) is 17.2 Å². The zero-order valence-electron chi connectivity index (χ0n) is 15.1. The Kier molecular flexibility index (Phi) is 6.32. The molecule has 150 valence electrons. The summed E-state index contributed by atoms with van der Waals surface area (Å²) in [5.74, 6) is 4.79. The predicted molar refractivity (Wildman–Crippen MR) is 108 cm³/mol. The van der Waals surface area contributed by atoms with Gasteiger partial charge in [-0.2, -0.15) is 0 Å². The average molecular weight is 435 g/mol. The highest BCUT2D eigenvalue weighted by atomic mass is 35.5. The highest BCUT2D eigenvalue weighted by Gasteiger charge is 2.20. The number of hydrazine groups is 1. The van der Waals surface area contributed by atoms with E-state index in [0.717, 1.165) is 0 Å². The minimum atomic E-state index is -0.526. The summed E-state index contributed by atoms with van der Waals surface area (Å²) in [6.07, 6.45) is 3.15. The molecule has 1 aromatic carbocycles. The number of halogens is 2. The molecule has 29 heavy (non-hydrogen) atoms. The number of nitrogen functional groups attached to an aromatic ring is 1. The van der Waals surface area contributed by atoms with Gasteiger partial charge in [0, 0.05) is 23.7 Å². The summed E-state index contributed by atoms with van der Waals surface area (Å²) in [4.78, 5) is 35.4. The summed E-state index contributed by atoms with van der Waals surface area (Å²) in [6.45, 7) is 1.71. The van der Waals surface area contributed by atoms with Crippen LogP contribution >= 0.6 is 23.2 Å². The number of carbonyl (C=O) groups excluding carboxylic acids is 2. The highest BCUT2D eigenvalue weighted by molar-refractivity contribution is 6.44. The molecule has 0 aliphatic carbocycles. The number of ether oxygens (including phenoxy) is 1. The number of hydrogen-bond donors (Lipinski definition) is 4. The fraction of sp³-hybridized carbons (Fsp3) is 0.111. The summed E-state index contributed by atoms with van der Waals surface area (Å²) >= 11 is 12.1. The van der Waals surface area contributed by atoms with Crippen LogP contribution in [0.3, 0.4) is 0 Å². The van der Waals surface area contributed by atoms with Gasteiger partial charge in [0.15, 0.2) is 5.82 Å². The molecule has 0 atom stereocenters. The van der Waals surface area contributed by atoms with Gasteiger partial charge in [0.25, 0.3) is 11.8 Å². The molecule has 3 aromatic rings. The summed E-state index contributed by atoms with van der Waals surface area (Å²) in [5, 5.41) is 3.07. The van der Waals surface area contributed by atoms with Gasteiger partial charge in [-0.1, -0.05) is 23.2 Å². The first kappa shape index (κ1) is 20.6. The third kappa shape index (κ3) is 4.65. The Morgan fingerprint density at radius 2 is 1.90 bits per heavy atom. The zero-order valence-corrected chi connectivity index (χ0v) is 16.6. The van der Waals surface area contributed by atoms with Crippen molar-refractivity contribution in [1.29, 1.82) is 0 Å².